The maximum Gasteiger partial charge on any atom is 0.282 e. The van der Waals surface area contributed by atoms with E-state index in [1.807, 2.05) is 15.6 Å². The number of carbonyl (C=O) groups excluding carboxylic acids is 1. The van der Waals surface area contributed by atoms with Gasteiger partial charge in [0.1, 0.15) is 5.82 Å². The Balaban J connectivity index is 1.26. The van der Waals surface area contributed by atoms with Crippen molar-refractivity contribution in [2.75, 3.05) is 45.1 Å². The molecule has 1 aromatic heterocycles. The molecule has 0 bridgehead atoms. The third-order valence-electron chi connectivity index (χ3n) is 7.09. The highest BCUT2D eigenvalue weighted by molar-refractivity contribution is 7.86. The first-order chi connectivity index (χ1) is 14.9. The number of hydrogen-bond donors (Lipinski definition) is 1. The summed E-state index contributed by atoms with van der Waals surface area (Å²) in [4.78, 5) is 14.6. The fraction of sp³-hybridized carbons (Fsp3) is 0.810. The Hall–Kier alpha value is -1.49. The van der Waals surface area contributed by atoms with E-state index in [0.717, 1.165) is 44.3 Å². The van der Waals surface area contributed by atoms with Gasteiger partial charge in [-0.15, -0.1) is 0 Å². The van der Waals surface area contributed by atoms with Gasteiger partial charge in [0.05, 0.1) is 18.8 Å². The Kier molecular flexibility index (Phi) is 7.30. The number of amides is 1. The van der Waals surface area contributed by atoms with Crippen molar-refractivity contribution in [3.63, 3.8) is 0 Å². The number of anilines is 1. The van der Waals surface area contributed by atoms with Gasteiger partial charge in [-0.25, -0.2) is 4.68 Å². The molecule has 4 rings (SSSR count). The van der Waals surface area contributed by atoms with Gasteiger partial charge in [0.2, 0.25) is 5.91 Å². The number of nitrogens with one attached hydrogen (secondary N) is 1. The van der Waals surface area contributed by atoms with E-state index in [-0.39, 0.29) is 18.5 Å². The van der Waals surface area contributed by atoms with Crippen LogP contribution in [0.4, 0.5) is 5.82 Å². The van der Waals surface area contributed by atoms with Crippen LogP contribution in [0.5, 0.6) is 0 Å². The van der Waals surface area contributed by atoms with Crippen LogP contribution in [0.15, 0.2) is 12.3 Å². The number of hydrogen-bond acceptors (Lipinski definition) is 5. The van der Waals surface area contributed by atoms with Crippen molar-refractivity contribution in [1.82, 2.24) is 23.3 Å². The molecule has 0 aromatic carbocycles. The highest BCUT2D eigenvalue weighted by atomic mass is 32.2. The number of carbonyl (C=O) groups is 1. The summed E-state index contributed by atoms with van der Waals surface area (Å²) in [5.74, 6) is 0.683. The summed E-state index contributed by atoms with van der Waals surface area (Å²) >= 11 is 0. The summed E-state index contributed by atoms with van der Waals surface area (Å²) in [6.45, 7) is 2.24. The molecule has 1 aliphatic heterocycles. The molecule has 0 spiro atoms. The van der Waals surface area contributed by atoms with Crippen LogP contribution in [0, 0.1) is 0 Å². The van der Waals surface area contributed by atoms with Crippen molar-refractivity contribution in [3.05, 3.63) is 12.3 Å². The van der Waals surface area contributed by atoms with Crippen LogP contribution in [-0.4, -0.2) is 83.4 Å². The van der Waals surface area contributed by atoms with E-state index in [4.69, 9.17) is 0 Å². The molecule has 1 amide bonds. The lowest BCUT2D eigenvalue weighted by molar-refractivity contribution is -0.117. The molecule has 1 N–H and O–H groups in total. The van der Waals surface area contributed by atoms with Crippen LogP contribution in [0.25, 0.3) is 0 Å². The van der Waals surface area contributed by atoms with Crippen molar-refractivity contribution < 1.29 is 13.2 Å². The SMILES string of the molecule is CN(C1CCCCC1)S(=O)(=O)N1CCN(CC(=O)Nc2ccnn2C2CCCC2)CC1. The minimum absolute atomic E-state index is 0.0737. The Bertz CT molecular complexity index is 837. The van der Waals surface area contributed by atoms with Gasteiger partial charge in [-0.3, -0.25) is 9.69 Å². The molecule has 31 heavy (non-hydrogen) atoms. The highest BCUT2D eigenvalue weighted by Crippen LogP contribution is 2.31. The predicted molar refractivity (Wildman–Crippen MR) is 120 cm³/mol. The minimum Gasteiger partial charge on any atom is -0.310 e. The van der Waals surface area contributed by atoms with Gasteiger partial charge in [0.25, 0.3) is 10.2 Å². The smallest absolute Gasteiger partial charge is 0.282 e. The molecule has 0 atom stereocenters. The normalized spacial score (nSPS) is 22.9. The zero-order valence-corrected chi connectivity index (χ0v) is 19.4. The Morgan fingerprint density at radius 3 is 2.39 bits per heavy atom. The van der Waals surface area contributed by atoms with E-state index >= 15 is 0 Å². The summed E-state index contributed by atoms with van der Waals surface area (Å²) in [7, 11) is -1.72. The van der Waals surface area contributed by atoms with E-state index in [2.05, 4.69) is 10.4 Å². The van der Waals surface area contributed by atoms with E-state index in [0.29, 0.717) is 32.2 Å². The maximum atomic E-state index is 13.0. The van der Waals surface area contributed by atoms with E-state index in [1.54, 1.807) is 21.9 Å². The number of piperazine rings is 1. The van der Waals surface area contributed by atoms with Crippen LogP contribution in [0.3, 0.4) is 0 Å². The second-order valence-corrected chi connectivity index (χ2v) is 11.1. The third-order valence-corrected chi connectivity index (χ3v) is 9.13. The second kappa shape index (κ2) is 9.97. The van der Waals surface area contributed by atoms with E-state index < -0.39 is 10.2 Å². The van der Waals surface area contributed by atoms with Crippen LogP contribution in [0.2, 0.25) is 0 Å². The lowest BCUT2D eigenvalue weighted by atomic mass is 9.96. The number of rotatable bonds is 7. The Morgan fingerprint density at radius 2 is 1.71 bits per heavy atom. The molecule has 10 heteroatoms. The largest absolute Gasteiger partial charge is 0.310 e. The van der Waals surface area contributed by atoms with Crippen LogP contribution < -0.4 is 5.32 Å². The monoisotopic (exact) mass is 452 g/mol. The van der Waals surface area contributed by atoms with Gasteiger partial charge in [-0.05, 0) is 25.7 Å². The first-order valence-electron chi connectivity index (χ1n) is 11.7. The summed E-state index contributed by atoms with van der Waals surface area (Å²) in [6.07, 6.45) is 11.7. The minimum atomic E-state index is -3.44. The third kappa shape index (κ3) is 5.30. The molecule has 2 heterocycles. The van der Waals surface area contributed by atoms with E-state index in [9.17, 15) is 13.2 Å². The standard InChI is InChI=1S/C21H36N6O3S/c1-24(18-7-3-2-4-8-18)31(29,30)26-15-13-25(14-16-26)17-21(28)23-20-11-12-22-27(20)19-9-5-6-10-19/h11-12,18-19H,2-10,13-17H2,1H3,(H,23,28). The lowest BCUT2D eigenvalue weighted by Gasteiger charge is -2.38. The van der Waals surface area contributed by atoms with Crippen molar-refractivity contribution in [3.8, 4) is 0 Å². The lowest BCUT2D eigenvalue weighted by Crippen LogP contribution is -2.55. The first-order valence-corrected chi connectivity index (χ1v) is 13.1. The zero-order chi connectivity index (χ0) is 21.8. The molecule has 1 aromatic rings. The fourth-order valence-electron chi connectivity index (χ4n) is 5.17. The number of nitrogens with zero attached hydrogens (tertiary/aromatic N) is 5. The van der Waals surface area contributed by atoms with Gasteiger partial charge >= 0.3 is 0 Å². The quantitative estimate of drug-likeness (QED) is 0.684. The molecule has 174 valence electrons. The van der Waals surface area contributed by atoms with Crippen LogP contribution >= 0.6 is 0 Å². The Morgan fingerprint density at radius 1 is 1.06 bits per heavy atom. The van der Waals surface area contributed by atoms with Crippen molar-refractivity contribution in [2.24, 2.45) is 0 Å². The van der Waals surface area contributed by atoms with Gasteiger partial charge in [-0.1, -0.05) is 32.1 Å². The molecule has 2 aliphatic carbocycles. The average Bonchev–Trinajstić information content (AvgIpc) is 3.46. The summed E-state index contributed by atoms with van der Waals surface area (Å²) in [5.41, 5.74) is 0. The molecule has 1 saturated heterocycles. The fourth-order valence-corrected chi connectivity index (χ4v) is 6.75. The molecule has 0 radical (unpaired) electrons. The average molecular weight is 453 g/mol. The van der Waals surface area contributed by atoms with Crippen molar-refractivity contribution in [2.45, 2.75) is 69.9 Å². The maximum absolute atomic E-state index is 13.0. The van der Waals surface area contributed by atoms with Crippen LogP contribution in [0.1, 0.15) is 63.8 Å². The Labute approximate surface area is 185 Å². The zero-order valence-electron chi connectivity index (χ0n) is 18.6. The number of aromatic nitrogens is 2. The van der Waals surface area contributed by atoms with Crippen molar-refractivity contribution >= 4 is 21.9 Å². The summed E-state index contributed by atoms with van der Waals surface area (Å²) < 4.78 is 31.2. The molecular weight excluding hydrogens is 416 g/mol. The molecule has 0 unspecified atom stereocenters. The molecule has 9 nitrogen and oxygen atoms in total. The first kappa shape index (κ1) is 22.7. The van der Waals surface area contributed by atoms with Crippen molar-refractivity contribution in [1.29, 1.82) is 0 Å². The summed E-state index contributed by atoms with van der Waals surface area (Å²) in [5, 5.41) is 7.40. The second-order valence-electron chi connectivity index (χ2n) is 9.14. The van der Waals surface area contributed by atoms with Gasteiger partial charge in [0, 0.05) is 45.3 Å². The van der Waals surface area contributed by atoms with Gasteiger partial charge < -0.3 is 5.32 Å². The molecule has 3 aliphatic rings. The molecule has 3 fully saturated rings. The van der Waals surface area contributed by atoms with E-state index in [1.165, 1.54) is 19.3 Å². The van der Waals surface area contributed by atoms with Gasteiger partial charge in [0.15, 0.2) is 0 Å². The predicted octanol–water partition coefficient (Wildman–Crippen LogP) is 2.06. The van der Waals surface area contributed by atoms with Crippen LogP contribution in [-0.2, 0) is 15.0 Å². The highest BCUT2D eigenvalue weighted by Gasteiger charge is 2.34. The molecule has 2 saturated carbocycles. The summed E-state index contributed by atoms with van der Waals surface area (Å²) in [6, 6.07) is 2.34. The molecular formula is C21H36N6O3S. The van der Waals surface area contributed by atoms with Gasteiger partial charge in [-0.2, -0.15) is 22.1 Å². The topological polar surface area (TPSA) is 90.8 Å².